The molecular formula is C15H14ClFN4O. The molecule has 1 heterocycles. The highest BCUT2D eigenvalue weighted by Gasteiger charge is 2.24. The first-order valence-corrected chi connectivity index (χ1v) is 7.21. The Morgan fingerprint density at radius 1 is 1.23 bits per heavy atom. The van der Waals surface area contributed by atoms with Gasteiger partial charge in [0.05, 0.1) is 6.54 Å². The van der Waals surface area contributed by atoms with Crippen LogP contribution in [-0.2, 0) is 0 Å². The minimum atomic E-state index is -1.27. The summed E-state index contributed by atoms with van der Waals surface area (Å²) in [5, 5.41) is 9.90. The predicted octanol–water partition coefficient (Wildman–Crippen LogP) is 2.82. The molecule has 5 nitrogen and oxygen atoms in total. The van der Waals surface area contributed by atoms with Gasteiger partial charge < -0.3 is 10.6 Å². The second-order valence-corrected chi connectivity index (χ2v) is 5.36. The molecular weight excluding hydrogens is 307 g/mol. The van der Waals surface area contributed by atoms with Crippen LogP contribution in [0.5, 0.6) is 0 Å². The fourth-order valence-corrected chi connectivity index (χ4v) is 2.33. The molecule has 0 aliphatic carbocycles. The van der Waals surface area contributed by atoms with Crippen molar-refractivity contribution in [3.8, 4) is 0 Å². The van der Waals surface area contributed by atoms with E-state index in [0.717, 1.165) is 10.8 Å². The molecule has 0 radical (unpaired) electrons. The van der Waals surface area contributed by atoms with Gasteiger partial charge in [-0.1, -0.05) is 41.9 Å². The second kappa shape index (κ2) is 6.19. The SMILES string of the molecule is O=C(NC1=NCC(F)C(Cl)N1)Nc1ccc2ccccc2c1. The zero-order valence-electron chi connectivity index (χ0n) is 11.5. The van der Waals surface area contributed by atoms with Crippen molar-refractivity contribution in [3.05, 3.63) is 42.5 Å². The average Bonchev–Trinajstić information content (AvgIpc) is 2.51. The molecule has 0 saturated heterocycles. The van der Waals surface area contributed by atoms with E-state index in [2.05, 4.69) is 20.9 Å². The topological polar surface area (TPSA) is 65.5 Å². The smallest absolute Gasteiger partial charge is 0.325 e. The van der Waals surface area contributed by atoms with E-state index in [1.807, 2.05) is 36.4 Å². The third-order valence-corrected chi connectivity index (χ3v) is 3.64. The maximum absolute atomic E-state index is 13.2. The summed E-state index contributed by atoms with van der Waals surface area (Å²) in [4.78, 5) is 15.8. The van der Waals surface area contributed by atoms with E-state index in [1.54, 1.807) is 6.07 Å². The van der Waals surface area contributed by atoms with Gasteiger partial charge in [0, 0.05) is 5.69 Å². The molecule has 0 aromatic heterocycles. The Bertz CT molecular complexity index is 736. The zero-order valence-corrected chi connectivity index (χ0v) is 12.3. The molecule has 2 aromatic rings. The predicted molar refractivity (Wildman–Crippen MR) is 86.1 cm³/mol. The van der Waals surface area contributed by atoms with Gasteiger partial charge in [0.15, 0.2) is 6.17 Å². The standard InChI is InChI=1S/C15H14ClFN4O/c16-13-12(17)8-18-14(20-13)21-15(22)19-11-6-5-9-3-1-2-4-10(9)7-11/h1-7,12-13H,8H2,(H3,18,19,20,21,22). The maximum atomic E-state index is 13.2. The normalized spacial score (nSPS) is 20.9. The third-order valence-electron chi connectivity index (χ3n) is 3.26. The van der Waals surface area contributed by atoms with Crippen molar-refractivity contribution < 1.29 is 9.18 Å². The number of hydrogen-bond donors (Lipinski definition) is 3. The van der Waals surface area contributed by atoms with E-state index in [-0.39, 0.29) is 12.5 Å². The highest BCUT2D eigenvalue weighted by molar-refractivity contribution is 6.22. The molecule has 22 heavy (non-hydrogen) atoms. The van der Waals surface area contributed by atoms with Crippen LogP contribution in [0.2, 0.25) is 0 Å². The molecule has 2 amide bonds. The van der Waals surface area contributed by atoms with E-state index < -0.39 is 17.7 Å². The molecule has 7 heteroatoms. The number of halogens is 2. The first-order chi connectivity index (χ1) is 10.6. The van der Waals surface area contributed by atoms with Crippen LogP contribution in [0.3, 0.4) is 0 Å². The van der Waals surface area contributed by atoms with Crippen LogP contribution in [0.4, 0.5) is 14.9 Å². The number of fused-ring (bicyclic) bond motifs is 1. The summed E-state index contributed by atoms with van der Waals surface area (Å²) in [6.07, 6.45) is -1.27. The maximum Gasteiger partial charge on any atom is 0.325 e. The summed E-state index contributed by atoms with van der Waals surface area (Å²) in [5.74, 6) is 0.159. The van der Waals surface area contributed by atoms with Crippen molar-refractivity contribution in [1.29, 1.82) is 0 Å². The monoisotopic (exact) mass is 320 g/mol. The van der Waals surface area contributed by atoms with E-state index >= 15 is 0 Å². The number of urea groups is 1. The molecule has 1 aliphatic heterocycles. The lowest BCUT2D eigenvalue weighted by atomic mass is 10.1. The molecule has 0 fully saturated rings. The van der Waals surface area contributed by atoms with Crippen molar-refractivity contribution in [1.82, 2.24) is 10.6 Å². The lowest BCUT2D eigenvalue weighted by Crippen LogP contribution is -2.51. The molecule has 1 aliphatic rings. The summed E-state index contributed by atoms with van der Waals surface area (Å²) in [6.45, 7) is -0.0766. The molecule has 0 spiro atoms. The number of amides is 2. The van der Waals surface area contributed by atoms with Crippen LogP contribution in [-0.4, -0.2) is 30.2 Å². The van der Waals surface area contributed by atoms with Crippen LogP contribution >= 0.6 is 11.6 Å². The Kier molecular flexibility index (Phi) is 4.11. The molecule has 114 valence electrons. The minimum Gasteiger partial charge on any atom is -0.337 e. The Morgan fingerprint density at radius 2 is 2.00 bits per heavy atom. The minimum absolute atomic E-state index is 0.0766. The number of rotatable bonds is 1. The molecule has 0 saturated carbocycles. The first-order valence-electron chi connectivity index (χ1n) is 6.78. The number of carbonyl (C=O) groups is 1. The van der Waals surface area contributed by atoms with Gasteiger partial charge in [-0.05, 0) is 22.9 Å². The van der Waals surface area contributed by atoms with Crippen LogP contribution in [0.25, 0.3) is 10.8 Å². The lowest BCUT2D eigenvalue weighted by Gasteiger charge is -2.23. The number of nitrogens with zero attached hydrogens (tertiary/aromatic N) is 1. The Labute approximate surface area is 131 Å². The quantitative estimate of drug-likeness (QED) is 0.559. The average molecular weight is 321 g/mol. The van der Waals surface area contributed by atoms with Gasteiger partial charge in [-0.25, -0.2) is 14.2 Å². The van der Waals surface area contributed by atoms with Crippen LogP contribution in [0.1, 0.15) is 0 Å². The van der Waals surface area contributed by atoms with Crippen molar-refractivity contribution >= 4 is 40.1 Å². The molecule has 2 unspecified atom stereocenters. The van der Waals surface area contributed by atoms with Crippen molar-refractivity contribution in [2.45, 2.75) is 11.7 Å². The van der Waals surface area contributed by atoms with E-state index in [0.29, 0.717) is 5.69 Å². The largest absolute Gasteiger partial charge is 0.337 e. The lowest BCUT2D eigenvalue weighted by molar-refractivity contribution is 0.255. The number of anilines is 1. The van der Waals surface area contributed by atoms with Gasteiger partial charge in [-0.3, -0.25) is 5.32 Å². The second-order valence-electron chi connectivity index (χ2n) is 4.89. The first kappa shape index (κ1) is 14.6. The van der Waals surface area contributed by atoms with E-state index in [1.165, 1.54) is 0 Å². The number of alkyl halides is 2. The third kappa shape index (κ3) is 3.28. The Balaban J connectivity index is 1.66. The van der Waals surface area contributed by atoms with Gasteiger partial charge >= 0.3 is 6.03 Å². The number of hydrogen-bond acceptors (Lipinski definition) is 3. The number of carbonyl (C=O) groups excluding carboxylic acids is 1. The van der Waals surface area contributed by atoms with Crippen molar-refractivity contribution in [2.24, 2.45) is 4.99 Å². The molecule has 2 atom stereocenters. The number of benzene rings is 2. The van der Waals surface area contributed by atoms with Gasteiger partial charge in [0.1, 0.15) is 5.50 Å². The van der Waals surface area contributed by atoms with Gasteiger partial charge in [0.25, 0.3) is 0 Å². The summed E-state index contributed by atoms with van der Waals surface area (Å²) in [6, 6.07) is 13.0. The van der Waals surface area contributed by atoms with Gasteiger partial charge in [-0.2, -0.15) is 0 Å². The van der Waals surface area contributed by atoms with Crippen LogP contribution in [0.15, 0.2) is 47.5 Å². The number of nitrogens with one attached hydrogen (secondary N) is 3. The van der Waals surface area contributed by atoms with Gasteiger partial charge in [0.2, 0.25) is 5.96 Å². The van der Waals surface area contributed by atoms with E-state index in [4.69, 9.17) is 11.6 Å². The van der Waals surface area contributed by atoms with Crippen LogP contribution in [0, 0.1) is 0 Å². The summed E-state index contributed by atoms with van der Waals surface area (Å²) < 4.78 is 13.2. The fourth-order valence-electron chi connectivity index (χ4n) is 2.15. The molecule has 0 bridgehead atoms. The number of aliphatic imine (C=N–C) groups is 1. The fraction of sp³-hybridized carbons (Fsp3) is 0.200. The molecule has 3 N–H and O–H groups in total. The summed E-state index contributed by atoms with van der Waals surface area (Å²) in [7, 11) is 0. The molecule has 3 rings (SSSR count). The van der Waals surface area contributed by atoms with Crippen LogP contribution < -0.4 is 16.0 Å². The van der Waals surface area contributed by atoms with Crippen molar-refractivity contribution in [3.63, 3.8) is 0 Å². The van der Waals surface area contributed by atoms with Crippen molar-refractivity contribution in [2.75, 3.05) is 11.9 Å². The van der Waals surface area contributed by atoms with E-state index in [9.17, 15) is 9.18 Å². The molecule has 2 aromatic carbocycles. The summed E-state index contributed by atoms with van der Waals surface area (Å²) >= 11 is 5.73. The summed E-state index contributed by atoms with van der Waals surface area (Å²) in [5.41, 5.74) is -0.244. The zero-order chi connectivity index (χ0) is 15.5. The Hall–Kier alpha value is -2.34. The number of guanidine groups is 1. The highest BCUT2D eigenvalue weighted by Crippen LogP contribution is 2.18. The highest BCUT2D eigenvalue weighted by atomic mass is 35.5. The Morgan fingerprint density at radius 3 is 2.77 bits per heavy atom. The van der Waals surface area contributed by atoms with Gasteiger partial charge in [-0.15, -0.1) is 0 Å².